The van der Waals surface area contributed by atoms with Crippen LogP contribution in [-0.4, -0.2) is 46.0 Å². The lowest BCUT2D eigenvalue weighted by Crippen LogP contribution is -2.31. The van der Waals surface area contributed by atoms with Gasteiger partial charge in [-0.3, -0.25) is 4.79 Å². The van der Waals surface area contributed by atoms with Crippen molar-refractivity contribution >= 4 is 17.7 Å². The zero-order chi connectivity index (χ0) is 16.8. The standard InChI is InChI=1S/C18H21N3O2S/c1-14-7-8-17(20-19-14)23-15-9-11-21(13-15)18(22)10-12-24-16-5-3-2-4-6-16/h2-8,15H,9-13H2,1H3. The number of ether oxygens (including phenoxy) is 1. The first kappa shape index (κ1) is 16.8. The average Bonchev–Trinajstić information content (AvgIpc) is 3.06. The molecule has 2 aromatic rings. The van der Waals surface area contributed by atoms with E-state index in [1.54, 1.807) is 11.8 Å². The number of aryl methyl sites for hydroxylation is 1. The Hall–Kier alpha value is -2.08. The normalized spacial score (nSPS) is 17.0. The third-order valence-corrected chi connectivity index (χ3v) is 4.90. The molecule has 0 saturated carbocycles. The summed E-state index contributed by atoms with van der Waals surface area (Å²) in [5.41, 5.74) is 0.862. The lowest BCUT2D eigenvalue weighted by Gasteiger charge is -2.16. The fraction of sp³-hybridized carbons (Fsp3) is 0.389. The van der Waals surface area contributed by atoms with E-state index in [2.05, 4.69) is 22.3 Å². The van der Waals surface area contributed by atoms with E-state index in [1.807, 2.05) is 42.2 Å². The predicted octanol–water partition coefficient (Wildman–Crippen LogP) is 2.95. The van der Waals surface area contributed by atoms with Gasteiger partial charge in [0.25, 0.3) is 0 Å². The molecule has 126 valence electrons. The summed E-state index contributed by atoms with van der Waals surface area (Å²) in [6.07, 6.45) is 1.40. The average molecular weight is 343 g/mol. The molecule has 0 radical (unpaired) electrons. The number of rotatable bonds is 6. The highest BCUT2D eigenvalue weighted by Crippen LogP contribution is 2.20. The second-order valence-corrected chi connectivity index (χ2v) is 6.96. The Morgan fingerprint density at radius 3 is 2.83 bits per heavy atom. The van der Waals surface area contributed by atoms with E-state index in [4.69, 9.17) is 4.74 Å². The van der Waals surface area contributed by atoms with E-state index in [0.29, 0.717) is 18.8 Å². The second kappa shape index (κ2) is 8.15. The maximum atomic E-state index is 12.3. The summed E-state index contributed by atoms with van der Waals surface area (Å²) < 4.78 is 5.81. The Kier molecular flexibility index (Phi) is 5.69. The highest BCUT2D eigenvalue weighted by atomic mass is 32.2. The van der Waals surface area contributed by atoms with Gasteiger partial charge in [-0.05, 0) is 25.1 Å². The van der Waals surface area contributed by atoms with Gasteiger partial charge in [-0.1, -0.05) is 18.2 Å². The number of nitrogens with zero attached hydrogens (tertiary/aromatic N) is 3. The molecule has 24 heavy (non-hydrogen) atoms. The summed E-state index contributed by atoms with van der Waals surface area (Å²) in [7, 11) is 0. The summed E-state index contributed by atoms with van der Waals surface area (Å²) in [6.45, 7) is 3.27. The van der Waals surface area contributed by atoms with Crippen LogP contribution in [0.15, 0.2) is 47.4 Å². The Balaban J connectivity index is 1.41. The third-order valence-electron chi connectivity index (χ3n) is 3.89. The number of hydrogen-bond acceptors (Lipinski definition) is 5. The van der Waals surface area contributed by atoms with Gasteiger partial charge in [0.2, 0.25) is 11.8 Å². The summed E-state index contributed by atoms with van der Waals surface area (Å²) >= 11 is 1.72. The SMILES string of the molecule is Cc1ccc(OC2CCN(C(=O)CCSc3ccccc3)C2)nn1. The molecular formula is C18H21N3O2S. The molecule has 1 aromatic heterocycles. The van der Waals surface area contributed by atoms with Crippen LogP contribution in [-0.2, 0) is 4.79 Å². The van der Waals surface area contributed by atoms with Gasteiger partial charge in [-0.25, -0.2) is 0 Å². The molecule has 0 aliphatic carbocycles. The lowest BCUT2D eigenvalue weighted by atomic mass is 10.3. The van der Waals surface area contributed by atoms with Gasteiger partial charge in [0.15, 0.2) is 0 Å². The maximum absolute atomic E-state index is 12.3. The summed E-state index contributed by atoms with van der Waals surface area (Å²) in [4.78, 5) is 15.4. The second-order valence-electron chi connectivity index (χ2n) is 5.79. The topological polar surface area (TPSA) is 55.3 Å². The number of hydrogen-bond donors (Lipinski definition) is 0. The molecule has 1 fully saturated rings. The molecule has 5 nitrogen and oxygen atoms in total. The third kappa shape index (κ3) is 4.71. The van der Waals surface area contributed by atoms with E-state index in [-0.39, 0.29) is 12.0 Å². The number of amides is 1. The van der Waals surface area contributed by atoms with E-state index in [9.17, 15) is 4.79 Å². The first-order chi connectivity index (χ1) is 11.7. The van der Waals surface area contributed by atoms with E-state index in [1.165, 1.54) is 4.90 Å². The molecule has 0 bridgehead atoms. The first-order valence-electron chi connectivity index (χ1n) is 8.13. The minimum Gasteiger partial charge on any atom is -0.471 e. The molecule has 1 aliphatic heterocycles. The number of carbonyl (C=O) groups excluding carboxylic acids is 1. The van der Waals surface area contributed by atoms with Gasteiger partial charge >= 0.3 is 0 Å². The Morgan fingerprint density at radius 1 is 1.25 bits per heavy atom. The van der Waals surface area contributed by atoms with Crippen LogP contribution in [0.5, 0.6) is 5.88 Å². The Morgan fingerprint density at radius 2 is 2.08 bits per heavy atom. The van der Waals surface area contributed by atoms with Gasteiger partial charge in [-0.15, -0.1) is 16.9 Å². The number of carbonyl (C=O) groups is 1. The van der Waals surface area contributed by atoms with E-state index in [0.717, 1.165) is 24.4 Å². The molecule has 6 heteroatoms. The van der Waals surface area contributed by atoms with Gasteiger partial charge in [0, 0.05) is 36.1 Å². The summed E-state index contributed by atoms with van der Waals surface area (Å²) in [6, 6.07) is 13.9. The highest BCUT2D eigenvalue weighted by molar-refractivity contribution is 7.99. The molecule has 3 rings (SSSR count). The van der Waals surface area contributed by atoms with Crippen molar-refractivity contribution < 1.29 is 9.53 Å². The van der Waals surface area contributed by atoms with Crippen molar-refractivity contribution in [2.45, 2.75) is 30.8 Å². The molecule has 1 amide bonds. The molecule has 0 spiro atoms. The van der Waals surface area contributed by atoms with Crippen LogP contribution in [0, 0.1) is 6.92 Å². The number of thioether (sulfide) groups is 1. The van der Waals surface area contributed by atoms with Crippen molar-refractivity contribution in [2.24, 2.45) is 0 Å². The molecule has 1 aromatic carbocycles. The minimum absolute atomic E-state index is 0.00716. The van der Waals surface area contributed by atoms with Crippen LogP contribution < -0.4 is 4.74 Å². The fourth-order valence-electron chi connectivity index (χ4n) is 2.60. The highest BCUT2D eigenvalue weighted by Gasteiger charge is 2.27. The van der Waals surface area contributed by atoms with Crippen molar-refractivity contribution in [1.29, 1.82) is 0 Å². The molecule has 2 heterocycles. The van der Waals surface area contributed by atoms with Crippen LogP contribution >= 0.6 is 11.8 Å². The molecule has 1 unspecified atom stereocenters. The van der Waals surface area contributed by atoms with Crippen molar-refractivity contribution in [2.75, 3.05) is 18.8 Å². The van der Waals surface area contributed by atoms with Gasteiger partial charge in [0.05, 0.1) is 12.2 Å². The van der Waals surface area contributed by atoms with Gasteiger partial charge < -0.3 is 9.64 Å². The summed E-state index contributed by atoms with van der Waals surface area (Å²) in [5.74, 6) is 1.52. The number of benzene rings is 1. The van der Waals surface area contributed by atoms with Crippen molar-refractivity contribution in [1.82, 2.24) is 15.1 Å². The quantitative estimate of drug-likeness (QED) is 0.755. The minimum atomic E-state index is 0.00716. The molecule has 1 aliphatic rings. The fourth-order valence-corrected chi connectivity index (χ4v) is 3.46. The lowest BCUT2D eigenvalue weighted by molar-refractivity contribution is -0.129. The zero-order valence-corrected chi connectivity index (χ0v) is 14.5. The van der Waals surface area contributed by atoms with E-state index >= 15 is 0 Å². The van der Waals surface area contributed by atoms with Gasteiger partial charge in [0.1, 0.15) is 6.10 Å². The van der Waals surface area contributed by atoms with Crippen LogP contribution in [0.4, 0.5) is 0 Å². The molecule has 0 N–H and O–H groups in total. The zero-order valence-electron chi connectivity index (χ0n) is 13.7. The molecular weight excluding hydrogens is 322 g/mol. The number of aromatic nitrogens is 2. The van der Waals surface area contributed by atoms with Crippen LogP contribution in [0.25, 0.3) is 0 Å². The first-order valence-corrected chi connectivity index (χ1v) is 9.12. The number of likely N-dealkylation sites (tertiary alicyclic amines) is 1. The van der Waals surface area contributed by atoms with Gasteiger partial charge in [-0.2, -0.15) is 5.10 Å². The van der Waals surface area contributed by atoms with E-state index < -0.39 is 0 Å². The molecule has 1 atom stereocenters. The maximum Gasteiger partial charge on any atom is 0.233 e. The monoisotopic (exact) mass is 343 g/mol. The smallest absolute Gasteiger partial charge is 0.233 e. The van der Waals surface area contributed by atoms with Crippen LogP contribution in [0.1, 0.15) is 18.5 Å². The summed E-state index contributed by atoms with van der Waals surface area (Å²) in [5, 5.41) is 8.00. The van der Waals surface area contributed by atoms with Crippen molar-refractivity contribution in [3.63, 3.8) is 0 Å². The van der Waals surface area contributed by atoms with Crippen molar-refractivity contribution in [3.05, 3.63) is 48.2 Å². The van der Waals surface area contributed by atoms with Crippen LogP contribution in [0.2, 0.25) is 0 Å². The Bertz CT molecular complexity index is 664. The van der Waals surface area contributed by atoms with Crippen LogP contribution in [0.3, 0.4) is 0 Å². The molecule has 1 saturated heterocycles. The largest absolute Gasteiger partial charge is 0.471 e. The Labute approximate surface area is 146 Å². The predicted molar refractivity (Wildman–Crippen MR) is 94.2 cm³/mol. The van der Waals surface area contributed by atoms with Crippen molar-refractivity contribution in [3.8, 4) is 5.88 Å².